The number of ether oxygens (including phenoxy) is 1. The lowest BCUT2D eigenvalue weighted by atomic mass is 10.1. The zero-order valence-electron chi connectivity index (χ0n) is 24.4. The van der Waals surface area contributed by atoms with Crippen LogP contribution in [0.5, 0.6) is 5.75 Å². The van der Waals surface area contributed by atoms with Crippen LogP contribution in [0.25, 0.3) is 0 Å². The number of hydrogen-bond donors (Lipinski definition) is 3. The number of rotatable bonds is 19. The quantitative estimate of drug-likeness (QED) is 0.110. The van der Waals surface area contributed by atoms with Gasteiger partial charge in [0.05, 0.1) is 5.56 Å². The van der Waals surface area contributed by atoms with Crippen LogP contribution in [0.3, 0.4) is 0 Å². The lowest BCUT2D eigenvalue weighted by Gasteiger charge is -2.12. The van der Waals surface area contributed by atoms with Crippen molar-refractivity contribution in [3.05, 3.63) is 102 Å². The summed E-state index contributed by atoms with van der Waals surface area (Å²) in [5.41, 5.74) is -1.75. The van der Waals surface area contributed by atoms with Crippen LogP contribution in [-0.2, 0) is 11.0 Å². The SMILES string of the molecule is CCC=CCC=CCC=CCC=CCC=CCC=CCCC(=O)NCCNC(=O)Oc1cc(C(F)(F)F)ccc1C(=O)O. The fourth-order valence-electron chi connectivity index (χ4n) is 3.40. The maximum Gasteiger partial charge on any atom is 0.416 e. The molecule has 0 aromatic heterocycles. The third-order valence-corrected chi connectivity index (χ3v) is 5.59. The number of hydrogen-bond acceptors (Lipinski definition) is 4. The minimum atomic E-state index is -4.74. The zero-order chi connectivity index (χ0) is 31.8. The van der Waals surface area contributed by atoms with Crippen LogP contribution in [0.1, 0.15) is 74.2 Å². The molecule has 0 saturated carbocycles. The maximum atomic E-state index is 12.9. The van der Waals surface area contributed by atoms with Gasteiger partial charge in [-0.25, -0.2) is 9.59 Å². The van der Waals surface area contributed by atoms with Crippen molar-refractivity contribution in [3.8, 4) is 5.75 Å². The average Bonchev–Trinajstić information content (AvgIpc) is 2.96. The number of carboxylic acid groups (broad SMARTS) is 1. The van der Waals surface area contributed by atoms with Crippen LogP contribution >= 0.6 is 0 Å². The smallest absolute Gasteiger partial charge is 0.416 e. The number of aromatic carboxylic acids is 1. The van der Waals surface area contributed by atoms with Gasteiger partial charge in [-0.05, 0) is 63.1 Å². The topological polar surface area (TPSA) is 105 Å². The lowest BCUT2D eigenvalue weighted by Crippen LogP contribution is -2.36. The predicted molar refractivity (Wildman–Crippen MR) is 163 cm³/mol. The molecule has 0 fully saturated rings. The second-order valence-corrected chi connectivity index (χ2v) is 9.13. The summed E-state index contributed by atoms with van der Waals surface area (Å²) in [6.07, 6.45) is 25.7. The van der Waals surface area contributed by atoms with Crippen molar-refractivity contribution in [1.82, 2.24) is 10.6 Å². The van der Waals surface area contributed by atoms with E-state index in [1.165, 1.54) is 0 Å². The summed E-state index contributed by atoms with van der Waals surface area (Å²) < 4.78 is 43.4. The van der Waals surface area contributed by atoms with E-state index in [0.717, 1.165) is 38.5 Å². The van der Waals surface area contributed by atoms with Crippen LogP contribution in [0.15, 0.2) is 91.1 Å². The van der Waals surface area contributed by atoms with Gasteiger partial charge in [0.2, 0.25) is 5.91 Å². The van der Waals surface area contributed by atoms with Crippen LogP contribution in [-0.4, -0.2) is 36.2 Å². The summed E-state index contributed by atoms with van der Waals surface area (Å²) >= 11 is 0. The average molecular weight is 603 g/mol. The Morgan fingerprint density at radius 3 is 1.74 bits per heavy atom. The van der Waals surface area contributed by atoms with Gasteiger partial charge in [-0.15, -0.1) is 0 Å². The van der Waals surface area contributed by atoms with Crippen molar-refractivity contribution in [2.45, 2.75) is 64.5 Å². The van der Waals surface area contributed by atoms with E-state index in [2.05, 4.69) is 78.3 Å². The fraction of sp³-hybridized carbons (Fsp3) is 0.364. The summed E-state index contributed by atoms with van der Waals surface area (Å²) in [6, 6.07) is 1.75. The first kappa shape index (κ1) is 36.7. The molecule has 10 heteroatoms. The molecule has 0 aliphatic heterocycles. The van der Waals surface area contributed by atoms with Gasteiger partial charge in [0, 0.05) is 19.5 Å². The number of benzene rings is 1. The highest BCUT2D eigenvalue weighted by Crippen LogP contribution is 2.33. The summed E-state index contributed by atoms with van der Waals surface area (Å²) in [7, 11) is 0. The monoisotopic (exact) mass is 602 g/mol. The Balaban J connectivity index is 2.16. The van der Waals surface area contributed by atoms with E-state index in [-0.39, 0.29) is 25.4 Å². The summed E-state index contributed by atoms with van der Waals surface area (Å²) in [5, 5.41) is 14.0. The molecule has 1 aromatic carbocycles. The molecular weight excluding hydrogens is 561 g/mol. The Bertz CT molecular complexity index is 1180. The third kappa shape index (κ3) is 18.7. The van der Waals surface area contributed by atoms with Crippen LogP contribution < -0.4 is 15.4 Å². The fourth-order valence-corrected chi connectivity index (χ4v) is 3.40. The Hall–Kier alpha value is -4.34. The molecule has 7 nitrogen and oxygen atoms in total. The summed E-state index contributed by atoms with van der Waals surface area (Å²) in [4.78, 5) is 35.0. The van der Waals surface area contributed by atoms with Gasteiger partial charge < -0.3 is 20.5 Å². The van der Waals surface area contributed by atoms with Crippen molar-refractivity contribution < 1.29 is 37.4 Å². The summed E-state index contributed by atoms with van der Waals surface area (Å²) in [6.45, 7) is 2.12. The second-order valence-electron chi connectivity index (χ2n) is 9.13. The van der Waals surface area contributed by atoms with E-state index in [0.29, 0.717) is 24.6 Å². The van der Waals surface area contributed by atoms with Crippen LogP contribution in [0.4, 0.5) is 18.0 Å². The van der Waals surface area contributed by atoms with Crippen LogP contribution in [0, 0.1) is 0 Å². The van der Waals surface area contributed by atoms with Crippen molar-refractivity contribution in [2.24, 2.45) is 0 Å². The van der Waals surface area contributed by atoms with Gasteiger partial charge in [-0.2, -0.15) is 13.2 Å². The highest BCUT2D eigenvalue weighted by Gasteiger charge is 2.32. The van der Waals surface area contributed by atoms with E-state index in [1.807, 2.05) is 12.2 Å². The molecule has 2 amide bonds. The minimum Gasteiger partial charge on any atom is -0.478 e. The molecule has 0 saturated heterocycles. The molecule has 43 heavy (non-hydrogen) atoms. The molecular formula is C33H41F3N2O5. The largest absolute Gasteiger partial charge is 0.478 e. The number of nitrogens with one attached hydrogen (secondary N) is 2. The number of halogens is 3. The zero-order valence-corrected chi connectivity index (χ0v) is 24.4. The molecule has 0 unspecified atom stereocenters. The van der Waals surface area contributed by atoms with Gasteiger partial charge in [-0.1, -0.05) is 79.8 Å². The standard InChI is InChI=1S/C33H41F3N2O5/c1-2-3-4-5-6-7-8-9-10-11-12-13-14-15-16-17-18-19-20-21-30(39)37-24-25-38-32(42)43-29-26-27(33(34,35)36)22-23-28(29)31(40)41/h3-4,6-7,9-10,12-13,15-16,18-19,22-23,26H,2,5,8,11,14,17,20-21,24-25H2,1H3,(H,37,39)(H,38,42)(H,40,41). The molecule has 0 aliphatic carbocycles. The van der Waals surface area contributed by atoms with E-state index >= 15 is 0 Å². The predicted octanol–water partition coefficient (Wildman–Crippen LogP) is 8.09. The van der Waals surface area contributed by atoms with Gasteiger partial charge in [0.1, 0.15) is 11.3 Å². The highest BCUT2D eigenvalue weighted by molar-refractivity contribution is 5.92. The number of carboxylic acids is 1. The number of carbonyl (C=O) groups is 3. The maximum absolute atomic E-state index is 12.9. The summed E-state index contributed by atoms with van der Waals surface area (Å²) in [5.74, 6) is -2.52. The molecule has 0 radical (unpaired) electrons. The second kappa shape index (κ2) is 22.3. The van der Waals surface area contributed by atoms with Gasteiger partial charge in [0.25, 0.3) is 0 Å². The molecule has 0 spiro atoms. The number of allylic oxidation sites excluding steroid dienone is 12. The number of amides is 2. The van der Waals surface area contributed by atoms with E-state index in [4.69, 9.17) is 9.84 Å². The van der Waals surface area contributed by atoms with Crippen molar-refractivity contribution in [3.63, 3.8) is 0 Å². The molecule has 0 atom stereocenters. The van der Waals surface area contributed by atoms with Crippen molar-refractivity contribution in [1.29, 1.82) is 0 Å². The normalized spacial score (nSPS) is 12.5. The van der Waals surface area contributed by atoms with E-state index in [1.54, 1.807) is 0 Å². The number of alkyl halides is 3. The molecule has 0 heterocycles. The lowest BCUT2D eigenvalue weighted by molar-refractivity contribution is -0.137. The van der Waals surface area contributed by atoms with Crippen LogP contribution in [0.2, 0.25) is 0 Å². The molecule has 1 aromatic rings. The van der Waals surface area contributed by atoms with E-state index < -0.39 is 35.1 Å². The minimum absolute atomic E-state index is 0.0616. The molecule has 0 aliphatic rings. The van der Waals surface area contributed by atoms with Crippen molar-refractivity contribution >= 4 is 18.0 Å². The first-order valence-electron chi connectivity index (χ1n) is 14.2. The van der Waals surface area contributed by atoms with Gasteiger partial charge >= 0.3 is 18.2 Å². The third-order valence-electron chi connectivity index (χ3n) is 5.59. The van der Waals surface area contributed by atoms with E-state index in [9.17, 15) is 27.6 Å². The molecule has 234 valence electrons. The molecule has 1 rings (SSSR count). The molecule has 3 N–H and O–H groups in total. The Morgan fingerprint density at radius 1 is 0.767 bits per heavy atom. The Labute approximate surface area is 251 Å². The number of carbonyl (C=O) groups excluding carboxylic acids is 2. The van der Waals surface area contributed by atoms with Gasteiger partial charge in [-0.3, -0.25) is 4.79 Å². The first-order valence-corrected chi connectivity index (χ1v) is 14.2. The van der Waals surface area contributed by atoms with Gasteiger partial charge in [0.15, 0.2) is 0 Å². The Kier molecular flexibility index (Phi) is 19.0. The van der Waals surface area contributed by atoms with Crippen molar-refractivity contribution in [2.75, 3.05) is 13.1 Å². The molecule has 0 bridgehead atoms. The first-order chi connectivity index (χ1) is 20.6. The highest BCUT2D eigenvalue weighted by atomic mass is 19.4. The Morgan fingerprint density at radius 2 is 1.26 bits per heavy atom.